The lowest BCUT2D eigenvalue weighted by Crippen LogP contribution is -2.11. The third-order valence-electron chi connectivity index (χ3n) is 3.06. The maximum atomic E-state index is 11.0. The number of ether oxygens (including phenoxy) is 1. The summed E-state index contributed by atoms with van der Waals surface area (Å²) in [6.45, 7) is 2.46. The third kappa shape index (κ3) is 3.52. The molecule has 0 atom stereocenters. The molecule has 0 fully saturated rings. The average molecular weight is 290 g/mol. The van der Waals surface area contributed by atoms with Crippen LogP contribution in [-0.2, 0) is 13.0 Å². The topological polar surface area (TPSA) is 52.3 Å². The first-order valence-electron chi connectivity index (χ1n) is 6.40. The van der Waals surface area contributed by atoms with E-state index in [1.54, 1.807) is 18.2 Å². The van der Waals surface area contributed by atoms with Crippen LogP contribution >= 0.6 is 11.6 Å². The number of aryl methyl sites for hydroxylation is 1. The van der Waals surface area contributed by atoms with Crippen LogP contribution in [0.2, 0.25) is 5.02 Å². The second-order valence-corrected chi connectivity index (χ2v) is 4.86. The van der Waals surface area contributed by atoms with Gasteiger partial charge in [-0.2, -0.15) is 0 Å². The number of halogens is 1. The Bertz CT molecular complexity index is 608. The molecule has 4 heteroatoms. The average Bonchev–Trinajstić information content (AvgIpc) is 2.46. The molecule has 1 amide bonds. The predicted molar refractivity (Wildman–Crippen MR) is 80.1 cm³/mol. The molecule has 0 unspecified atom stereocenters. The Kier molecular flexibility index (Phi) is 4.64. The zero-order chi connectivity index (χ0) is 14.5. The highest BCUT2D eigenvalue weighted by Crippen LogP contribution is 2.20. The summed E-state index contributed by atoms with van der Waals surface area (Å²) in [6, 6.07) is 12.9. The molecule has 20 heavy (non-hydrogen) atoms. The van der Waals surface area contributed by atoms with Crippen LogP contribution in [0.25, 0.3) is 0 Å². The summed E-state index contributed by atoms with van der Waals surface area (Å²) in [5, 5.41) is 0.478. The van der Waals surface area contributed by atoms with Crippen LogP contribution in [0.4, 0.5) is 0 Å². The number of hydrogen-bond acceptors (Lipinski definition) is 2. The van der Waals surface area contributed by atoms with E-state index in [0.717, 1.165) is 17.7 Å². The Hall–Kier alpha value is -2.00. The molecule has 0 heterocycles. The number of hydrogen-bond donors (Lipinski definition) is 1. The van der Waals surface area contributed by atoms with E-state index in [2.05, 4.69) is 6.92 Å². The Labute approximate surface area is 123 Å². The van der Waals surface area contributed by atoms with Gasteiger partial charge in [0.05, 0.1) is 0 Å². The molecule has 0 spiro atoms. The minimum atomic E-state index is -0.491. The van der Waals surface area contributed by atoms with Crippen LogP contribution in [0.15, 0.2) is 42.5 Å². The van der Waals surface area contributed by atoms with Crippen LogP contribution < -0.4 is 10.5 Å². The van der Waals surface area contributed by atoms with Crippen LogP contribution in [0.3, 0.4) is 0 Å². The fraction of sp³-hybridized carbons (Fsp3) is 0.188. The molecular weight excluding hydrogens is 274 g/mol. The van der Waals surface area contributed by atoms with Crippen molar-refractivity contribution in [3.05, 3.63) is 64.2 Å². The lowest BCUT2D eigenvalue weighted by atomic mass is 10.1. The minimum absolute atomic E-state index is 0.351. The molecule has 2 rings (SSSR count). The van der Waals surface area contributed by atoms with Crippen molar-refractivity contribution in [2.75, 3.05) is 0 Å². The Morgan fingerprint density at radius 3 is 2.45 bits per heavy atom. The summed E-state index contributed by atoms with van der Waals surface area (Å²) in [5.41, 5.74) is 7.67. The Morgan fingerprint density at radius 1 is 1.20 bits per heavy atom. The van der Waals surface area contributed by atoms with E-state index in [1.165, 1.54) is 5.56 Å². The number of rotatable bonds is 5. The molecule has 3 nitrogen and oxygen atoms in total. The van der Waals surface area contributed by atoms with Gasteiger partial charge in [-0.25, -0.2) is 0 Å². The molecule has 0 saturated heterocycles. The van der Waals surface area contributed by atoms with E-state index in [0.29, 0.717) is 17.2 Å². The molecule has 0 saturated carbocycles. The molecule has 2 aromatic carbocycles. The summed E-state index contributed by atoms with van der Waals surface area (Å²) in [7, 11) is 0. The van der Waals surface area contributed by atoms with E-state index < -0.39 is 5.91 Å². The number of primary amides is 1. The first kappa shape index (κ1) is 14.4. The maximum absolute atomic E-state index is 11.0. The smallest absolute Gasteiger partial charge is 0.248 e. The van der Waals surface area contributed by atoms with Gasteiger partial charge in [0.15, 0.2) is 0 Å². The van der Waals surface area contributed by atoms with Gasteiger partial charge >= 0.3 is 0 Å². The van der Waals surface area contributed by atoms with Crippen molar-refractivity contribution in [2.24, 2.45) is 5.73 Å². The first-order chi connectivity index (χ1) is 9.60. The monoisotopic (exact) mass is 289 g/mol. The second kappa shape index (κ2) is 6.44. The normalized spacial score (nSPS) is 10.3. The van der Waals surface area contributed by atoms with Gasteiger partial charge in [0.25, 0.3) is 0 Å². The van der Waals surface area contributed by atoms with Crippen LogP contribution in [-0.4, -0.2) is 5.91 Å². The van der Waals surface area contributed by atoms with E-state index in [4.69, 9.17) is 22.1 Å². The molecule has 0 aromatic heterocycles. The maximum Gasteiger partial charge on any atom is 0.248 e. The summed E-state index contributed by atoms with van der Waals surface area (Å²) in [4.78, 5) is 11.0. The zero-order valence-electron chi connectivity index (χ0n) is 11.2. The van der Waals surface area contributed by atoms with E-state index in [1.807, 2.05) is 24.3 Å². The van der Waals surface area contributed by atoms with Gasteiger partial charge in [0.1, 0.15) is 12.4 Å². The van der Waals surface area contributed by atoms with Crippen LogP contribution in [0.5, 0.6) is 5.75 Å². The molecule has 2 aromatic rings. The predicted octanol–water partition coefficient (Wildman–Crippen LogP) is 3.58. The molecule has 0 radical (unpaired) electrons. The van der Waals surface area contributed by atoms with Gasteiger partial charge in [-0.1, -0.05) is 36.7 Å². The third-order valence-corrected chi connectivity index (χ3v) is 3.42. The highest BCUT2D eigenvalue weighted by atomic mass is 35.5. The van der Waals surface area contributed by atoms with Crippen molar-refractivity contribution in [3.8, 4) is 5.75 Å². The zero-order valence-corrected chi connectivity index (χ0v) is 12.0. The summed E-state index contributed by atoms with van der Waals surface area (Å²) in [6.07, 6.45) is 1.00. The fourth-order valence-electron chi connectivity index (χ4n) is 1.80. The van der Waals surface area contributed by atoms with Gasteiger partial charge in [0.2, 0.25) is 5.91 Å². The van der Waals surface area contributed by atoms with Crippen molar-refractivity contribution in [1.29, 1.82) is 0 Å². The number of carbonyl (C=O) groups is 1. The molecule has 104 valence electrons. The van der Waals surface area contributed by atoms with Crippen molar-refractivity contribution in [2.45, 2.75) is 20.0 Å². The molecule has 2 N–H and O–H groups in total. The number of amides is 1. The first-order valence-corrected chi connectivity index (χ1v) is 6.78. The van der Waals surface area contributed by atoms with E-state index in [-0.39, 0.29) is 0 Å². The SMILES string of the molecule is CCc1ccc(OCc2ccc(C(N)=O)cc2Cl)cc1. The van der Waals surface area contributed by atoms with Crippen LogP contribution in [0.1, 0.15) is 28.4 Å². The van der Waals surface area contributed by atoms with Gasteiger partial charge in [0, 0.05) is 16.1 Å². The lowest BCUT2D eigenvalue weighted by molar-refractivity contribution is 0.1000. The lowest BCUT2D eigenvalue weighted by Gasteiger charge is -2.09. The Morgan fingerprint density at radius 2 is 1.90 bits per heavy atom. The minimum Gasteiger partial charge on any atom is -0.489 e. The molecule has 0 aliphatic rings. The quantitative estimate of drug-likeness (QED) is 0.914. The molecule has 0 aliphatic carbocycles. The van der Waals surface area contributed by atoms with Crippen molar-refractivity contribution >= 4 is 17.5 Å². The van der Waals surface area contributed by atoms with Crippen molar-refractivity contribution in [3.63, 3.8) is 0 Å². The summed E-state index contributed by atoms with van der Waals surface area (Å²) < 4.78 is 5.67. The standard InChI is InChI=1S/C16H16ClNO2/c1-2-11-3-7-14(8-4-11)20-10-13-6-5-12(16(18)19)9-15(13)17/h3-9H,2,10H2,1H3,(H2,18,19). The number of benzene rings is 2. The Balaban J connectivity index is 2.04. The summed E-state index contributed by atoms with van der Waals surface area (Å²) >= 11 is 6.10. The molecular formula is C16H16ClNO2. The van der Waals surface area contributed by atoms with E-state index >= 15 is 0 Å². The van der Waals surface area contributed by atoms with Gasteiger partial charge in [-0.15, -0.1) is 0 Å². The number of carbonyl (C=O) groups excluding carboxylic acids is 1. The second-order valence-electron chi connectivity index (χ2n) is 4.46. The van der Waals surface area contributed by atoms with Crippen molar-refractivity contribution < 1.29 is 9.53 Å². The van der Waals surface area contributed by atoms with E-state index in [9.17, 15) is 4.79 Å². The highest BCUT2D eigenvalue weighted by Gasteiger charge is 2.06. The summed E-state index contributed by atoms with van der Waals surface area (Å²) in [5.74, 6) is 0.298. The van der Waals surface area contributed by atoms with Gasteiger partial charge in [-0.05, 0) is 36.2 Å². The van der Waals surface area contributed by atoms with Gasteiger partial charge < -0.3 is 10.5 Å². The van der Waals surface area contributed by atoms with Gasteiger partial charge in [-0.3, -0.25) is 4.79 Å². The van der Waals surface area contributed by atoms with Crippen molar-refractivity contribution in [1.82, 2.24) is 0 Å². The molecule has 0 aliphatic heterocycles. The fourth-order valence-corrected chi connectivity index (χ4v) is 2.04. The number of nitrogens with two attached hydrogens (primary N) is 1. The van der Waals surface area contributed by atoms with Crippen LogP contribution in [0, 0.1) is 0 Å². The largest absolute Gasteiger partial charge is 0.489 e. The molecule has 0 bridgehead atoms. The highest BCUT2D eigenvalue weighted by molar-refractivity contribution is 6.31.